The Morgan fingerprint density at radius 2 is 1.82 bits per heavy atom. The summed E-state index contributed by atoms with van der Waals surface area (Å²) in [4.78, 5) is 25.8. The number of piperidine rings is 1. The number of carbonyl (C=O) groups is 2. The average Bonchev–Trinajstić information content (AvgIpc) is 2.60. The van der Waals surface area contributed by atoms with Crippen LogP contribution in [0, 0.1) is 11.8 Å². The molecule has 1 aliphatic carbocycles. The summed E-state index contributed by atoms with van der Waals surface area (Å²) in [6, 6.07) is 0. The molecule has 1 amide bonds. The Bertz CT molecular complexity index is 293. The van der Waals surface area contributed by atoms with Gasteiger partial charge in [0, 0.05) is 31.3 Å². The summed E-state index contributed by atoms with van der Waals surface area (Å²) in [6.07, 6.45) is 7.60. The lowest BCUT2D eigenvalue weighted by molar-refractivity contribution is -0.140. The maximum atomic E-state index is 12.4. The second kappa shape index (κ2) is 5.65. The summed E-state index contributed by atoms with van der Waals surface area (Å²) in [5.41, 5.74) is 0. The number of rotatable bonds is 1. The first-order valence-electron chi connectivity index (χ1n) is 7.00. The number of likely N-dealkylation sites (tertiary alicyclic amines) is 1. The van der Waals surface area contributed by atoms with E-state index in [-0.39, 0.29) is 11.8 Å². The zero-order valence-corrected chi connectivity index (χ0v) is 10.8. The van der Waals surface area contributed by atoms with E-state index in [4.69, 9.17) is 0 Å². The Hall–Kier alpha value is -0.860. The number of hydrogen-bond donors (Lipinski definition) is 0. The van der Waals surface area contributed by atoms with E-state index >= 15 is 0 Å². The van der Waals surface area contributed by atoms with Crippen LogP contribution < -0.4 is 0 Å². The molecule has 2 fully saturated rings. The molecular formula is C14H23NO2. The van der Waals surface area contributed by atoms with E-state index in [0.29, 0.717) is 31.2 Å². The van der Waals surface area contributed by atoms with Crippen LogP contribution in [0.1, 0.15) is 51.9 Å². The van der Waals surface area contributed by atoms with E-state index in [0.717, 1.165) is 12.8 Å². The molecular weight excluding hydrogens is 214 g/mol. The van der Waals surface area contributed by atoms with Crippen molar-refractivity contribution in [2.75, 3.05) is 13.1 Å². The van der Waals surface area contributed by atoms with Gasteiger partial charge in [0.25, 0.3) is 0 Å². The van der Waals surface area contributed by atoms with E-state index in [1.54, 1.807) is 0 Å². The van der Waals surface area contributed by atoms with Crippen LogP contribution in [0.4, 0.5) is 0 Å². The highest BCUT2D eigenvalue weighted by molar-refractivity contribution is 5.85. The number of hydrogen-bond acceptors (Lipinski definition) is 2. The van der Waals surface area contributed by atoms with Crippen molar-refractivity contribution in [2.24, 2.45) is 11.8 Å². The molecule has 1 saturated heterocycles. The number of nitrogens with zero attached hydrogens (tertiary/aromatic N) is 1. The normalized spacial score (nSPS) is 27.9. The first-order chi connectivity index (χ1) is 8.18. The van der Waals surface area contributed by atoms with Crippen molar-refractivity contribution in [1.29, 1.82) is 0 Å². The molecule has 0 N–H and O–H groups in total. The molecule has 96 valence electrons. The third-order valence-electron chi connectivity index (χ3n) is 4.19. The molecule has 1 saturated carbocycles. The molecule has 3 heteroatoms. The molecule has 1 aliphatic heterocycles. The van der Waals surface area contributed by atoms with Gasteiger partial charge in [-0.15, -0.1) is 0 Å². The van der Waals surface area contributed by atoms with Gasteiger partial charge in [0.2, 0.25) is 5.91 Å². The van der Waals surface area contributed by atoms with Gasteiger partial charge in [0.1, 0.15) is 5.78 Å². The molecule has 1 unspecified atom stereocenters. The Morgan fingerprint density at radius 1 is 1.18 bits per heavy atom. The Labute approximate surface area is 104 Å². The second-order valence-corrected chi connectivity index (χ2v) is 5.59. The lowest BCUT2D eigenvalue weighted by Gasteiger charge is -2.32. The predicted octanol–water partition coefficient (Wildman–Crippen LogP) is 2.39. The number of ketones is 1. The molecule has 0 bridgehead atoms. The van der Waals surface area contributed by atoms with Crippen molar-refractivity contribution in [2.45, 2.75) is 51.9 Å². The number of amides is 1. The van der Waals surface area contributed by atoms with Gasteiger partial charge < -0.3 is 4.90 Å². The molecule has 3 nitrogen and oxygen atoms in total. The van der Waals surface area contributed by atoms with E-state index in [1.807, 2.05) is 11.8 Å². The highest BCUT2D eigenvalue weighted by Crippen LogP contribution is 2.26. The molecule has 1 atom stereocenters. The van der Waals surface area contributed by atoms with Gasteiger partial charge >= 0.3 is 0 Å². The molecule has 0 aromatic heterocycles. The van der Waals surface area contributed by atoms with Gasteiger partial charge in [0.15, 0.2) is 0 Å². The van der Waals surface area contributed by atoms with Crippen molar-refractivity contribution < 1.29 is 9.59 Å². The Morgan fingerprint density at radius 3 is 2.41 bits per heavy atom. The van der Waals surface area contributed by atoms with Crippen molar-refractivity contribution in [3.05, 3.63) is 0 Å². The molecule has 0 radical (unpaired) electrons. The van der Waals surface area contributed by atoms with Crippen molar-refractivity contribution >= 4 is 11.7 Å². The monoisotopic (exact) mass is 237 g/mol. The first kappa shape index (κ1) is 12.6. The second-order valence-electron chi connectivity index (χ2n) is 5.59. The van der Waals surface area contributed by atoms with Crippen molar-refractivity contribution in [3.8, 4) is 0 Å². The number of Topliss-reactive ketones (excluding diaryl/α,β-unsaturated/α-hetero) is 1. The van der Waals surface area contributed by atoms with E-state index in [9.17, 15) is 9.59 Å². The van der Waals surface area contributed by atoms with Crippen LogP contribution in [0.2, 0.25) is 0 Å². The topological polar surface area (TPSA) is 37.4 Å². The van der Waals surface area contributed by atoms with Crippen LogP contribution in [0.5, 0.6) is 0 Å². The smallest absolute Gasteiger partial charge is 0.225 e. The van der Waals surface area contributed by atoms with Crippen molar-refractivity contribution in [1.82, 2.24) is 4.90 Å². The minimum absolute atomic E-state index is 0.0403. The van der Waals surface area contributed by atoms with Gasteiger partial charge in [-0.25, -0.2) is 0 Å². The fourth-order valence-corrected chi connectivity index (χ4v) is 3.00. The highest BCUT2D eigenvalue weighted by atomic mass is 16.2. The van der Waals surface area contributed by atoms with Gasteiger partial charge in [-0.1, -0.05) is 32.6 Å². The molecule has 17 heavy (non-hydrogen) atoms. The fraction of sp³-hybridized carbons (Fsp3) is 0.857. The molecule has 2 rings (SSSR count). The maximum absolute atomic E-state index is 12.4. The van der Waals surface area contributed by atoms with Crippen LogP contribution in [0.25, 0.3) is 0 Å². The van der Waals surface area contributed by atoms with Crippen LogP contribution in [0.3, 0.4) is 0 Å². The van der Waals surface area contributed by atoms with E-state index in [1.165, 1.54) is 25.7 Å². The number of carbonyl (C=O) groups excluding carboxylic acids is 2. The Balaban J connectivity index is 1.92. The first-order valence-corrected chi connectivity index (χ1v) is 7.00. The largest absolute Gasteiger partial charge is 0.341 e. The third-order valence-corrected chi connectivity index (χ3v) is 4.19. The van der Waals surface area contributed by atoms with Gasteiger partial charge in [-0.3, -0.25) is 9.59 Å². The van der Waals surface area contributed by atoms with Crippen LogP contribution in [0.15, 0.2) is 0 Å². The standard InChI is InChI=1S/C14H23NO2/c1-11-10-15(9-8-13(11)16)14(17)12-6-4-2-3-5-7-12/h11-12H,2-10H2,1H3. The summed E-state index contributed by atoms with van der Waals surface area (Å²) in [7, 11) is 0. The SMILES string of the molecule is CC1CN(C(=O)C2CCCCCC2)CCC1=O. The molecule has 0 spiro atoms. The molecule has 1 heterocycles. The fourth-order valence-electron chi connectivity index (χ4n) is 3.00. The zero-order chi connectivity index (χ0) is 12.3. The van der Waals surface area contributed by atoms with E-state index in [2.05, 4.69) is 0 Å². The summed E-state index contributed by atoms with van der Waals surface area (Å²) in [5.74, 6) is 0.901. The van der Waals surface area contributed by atoms with Gasteiger partial charge in [-0.2, -0.15) is 0 Å². The summed E-state index contributed by atoms with van der Waals surface area (Å²) in [6.45, 7) is 3.24. The average molecular weight is 237 g/mol. The minimum Gasteiger partial charge on any atom is -0.341 e. The molecule has 0 aromatic rings. The predicted molar refractivity (Wildman–Crippen MR) is 66.6 cm³/mol. The van der Waals surface area contributed by atoms with Gasteiger partial charge in [-0.05, 0) is 12.8 Å². The molecule has 2 aliphatic rings. The quantitative estimate of drug-likeness (QED) is 0.657. The summed E-state index contributed by atoms with van der Waals surface area (Å²) < 4.78 is 0. The van der Waals surface area contributed by atoms with E-state index < -0.39 is 0 Å². The Kier molecular flexibility index (Phi) is 4.19. The maximum Gasteiger partial charge on any atom is 0.225 e. The van der Waals surface area contributed by atoms with Crippen molar-refractivity contribution in [3.63, 3.8) is 0 Å². The lowest BCUT2D eigenvalue weighted by Crippen LogP contribution is -2.45. The third kappa shape index (κ3) is 3.08. The summed E-state index contributed by atoms with van der Waals surface area (Å²) in [5, 5.41) is 0. The minimum atomic E-state index is 0.0403. The zero-order valence-electron chi connectivity index (χ0n) is 10.8. The lowest BCUT2D eigenvalue weighted by atomic mass is 9.94. The summed E-state index contributed by atoms with van der Waals surface area (Å²) >= 11 is 0. The van der Waals surface area contributed by atoms with Crippen LogP contribution in [-0.2, 0) is 9.59 Å². The van der Waals surface area contributed by atoms with Crippen LogP contribution >= 0.6 is 0 Å². The molecule has 0 aromatic carbocycles. The van der Waals surface area contributed by atoms with Gasteiger partial charge in [0.05, 0.1) is 0 Å². The van der Waals surface area contributed by atoms with Crippen LogP contribution in [-0.4, -0.2) is 29.7 Å². The highest BCUT2D eigenvalue weighted by Gasteiger charge is 2.30.